The molecule has 2 heterocycles. The predicted octanol–water partition coefficient (Wildman–Crippen LogP) is 2.22. The SMILES string of the molecule is CCCS(=O)(=O)N1CCC[C@@H]1CCc1ccncc1. The lowest BCUT2D eigenvalue weighted by molar-refractivity contribution is 0.370. The fourth-order valence-corrected chi connectivity index (χ4v) is 4.54. The van der Waals surface area contributed by atoms with Gasteiger partial charge in [-0.1, -0.05) is 6.92 Å². The van der Waals surface area contributed by atoms with Gasteiger partial charge in [-0.15, -0.1) is 0 Å². The van der Waals surface area contributed by atoms with Crippen LogP contribution in [0.2, 0.25) is 0 Å². The van der Waals surface area contributed by atoms with E-state index < -0.39 is 10.0 Å². The zero-order valence-electron chi connectivity index (χ0n) is 11.5. The van der Waals surface area contributed by atoms with Gasteiger partial charge in [0.2, 0.25) is 10.0 Å². The molecule has 1 aliphatic rings. The summed E-state index contributed by atoms with van der Waals surface area (Å²) < 4.78 is 26.1. The molecule has 1 aromatic rings. The van der Waals surface area contributed by atoms with Crippen molar-refractivity contribution < 1.29 is 8.42 Å². The number of nitrogens with zero attached hydrogens (tertiary/aromatic N) is 2. The van der Waals surface area contributed by atoms with E-state index in [1.165, 1.54) is 5.56 Å². The second kappa shape index (κ2) is 6.48. The minimum absolute atomic E-state index is 0.185. The molecule has 1 aliphatic heterocycles. The number of pyridine rings is 1. The molecule has 1 saturated heterocycles. The van der Waals surface area contributed by atoms with Crippen LogP contribution in [0.4, 0.5) is 0 Å². The van der Waals surface area contributed by atoms with Crippen LogP contribution in [0.15, 0.2) is 24.5 Å². The number of rotatable bonds is 6. The van der Waals surface area contributed by atoms with Gasteiger partial charge in [0.15, 0.2) is 0 Å². The monoisotopic (exact) mass is 282 g/mol. The van der Waals surface area contributed by atoms with E-state index in [9.17, 15) is 8.42 Å². The third-order valence-electron chi connectivity index (χ3n) is 3.66. The summed E-state index contributed by atoms with van der Waals surface area (Å²) in [6, 6.07) is 4.18. The number of hydrogen-bond acceptors (Lipinski definition) is 3. The van der Waals surface area contributed by atoms with E-state index in [-0.39, 0.29) is 11.8 Å². The maximum atomic E-state index is 12.2. The van der Waals surface area contributed by atoms with Crippen LogP contribution in [0.5, 0.6) is 0 Å². The molecule has 4 nitrogen and oxygen atoms in total. The molecule has 1 atom stereocenters. The normalized spacial score (nSPS) is 20.8. The Kier molecular flexibility index (Phi) is 4.93. The van der Waals surface area contributed by atoms with Gasteiger partial charge in [0.05, 0.1) is 5.75 Å². The van der Waals surface area contributed by atoms with Gasteiger partial charge in [0.25, 0.3) is 0 Å². The molecule has 0 aromatic carbocycles. The highest BCUT2D eigenvalue weighted by molar-refractivity contribution is 7.89. The number of sulfonamides is 1. The fourth-order valence-electron chi connectivity index (χ4n) is 2.72. The summed E-state index contributed by atoms with van der Waals surface area (Å²) in [4.78, 5) is 4.00. The van der Waals surface area contributed by atoms with Crippen LogP contribution in [0.3, 0.4) is 0 Å². The van der Waals surface area contributed by atoms with Crippen LogP contribution >= 0.6 is 0 Å². The standard InChI is InChI=1S/C14H22N2O2S/c1-2-12-19(17,18)16-11-3-4-14(16)6-5-13-7-9-15-10-8-13/h7-10,14H,2-6,11-12H2,1H3/t14-/m1/s1. The van der Waals surface area contributed by atoms with Crippen LogP contribution in [0.1, 0.15) is 38.2 Å². The van der Waals surface area contributed by atoms with E-state index in [0.717, 1.165) is 25.7 Å². The predicted molar refractivity (Wildman–Crippen MR) is 76.4 cm³/mol. The van der Waals surface area contributed by atoms with Crippen molar-refractivity contribution in [2.75, 3.05) is 12.3 Å². The summed E-state index contributed by atoms with van der Waals surface area (Å²) in [6.07, 6.45) is 8.08. The van der Waals surface area contributed by atoms with Crippen LogP contribution < -0.4 is 0 Å². The summed E-state index contributed by atoms with van der Waals surface area (Å²) >= 11 is 0. The van der Waals surface area contributed by atoms with Crippen molar-refractivity contribution in [3.8, 4) is 0 Å². The molecule has 2 rings (SSSR count). The Bertz CT molecular complexity index is 487. The lowest BCUT2D eigenvalue weighted by atomic mass is 10.1. The largest absolute Gasteiger partial charge is 0.265 e. The molecule has 1 fully saturated rings. The molecule has 0 radical (unpaired) electrons. The van der Waals surface area contributed by atoms with E-state index >= 15 is 0 Å². The maximum Gasteiger partial charge on any atom is 0.214 e. The van der Waals surface area contributed by atoms with Crippen molar-refractivity contribution in [2.24, 2.45) is 0 Å². The minimum Gasteiger partial charge on any atom is -0.265 e. The van der Waals surface area contributed by atoms with Gasteiger partial charge in [-0.05, 0) is 49.8 Å². The second-order valence-electron chi connectivity index (χ2n) is 5.12. The van der Waals surface area contributed by atoms with Crippen LogP contribution in [0, 0.1) is 0 Å². The van der Waals surface area contributed by atoms with Gasteiger partial charge in [-0.25, -0.2) is 8.42 Å². The summed E-state index contributed by atoms with van der Waals surface area (Å²) in [5.41, 5.74) is 1.23. The summed E-state index contributed by atoms with van der Waals surface area (Å²) in [5, 5.41) is 0. The smallest absolute Gasteiger partial charge is 0.214 e. The third kappa shape index (κ3) is 3.76. The number of hydrogen-bond donors (Lipinski definition) is 0. The van der Waals surface area contributed by atoms with Gasteiger partial charge >= 0.3 is 0 Å². The maximum absolute atomic E-state index is 12.2. The molecule has 19 heavy (non-hydrogen) atoms. The average Bonchev–Trinajstić information content (AvgIpc) is 2.87. The quantitative estimate of drug-likeness (QED) is 0.804. The minimum atomic E-state index is -3.04. The fraction of sp³-hybridized carbons (Fsp3) is 0.643. The van der Waals surface area contributed by atoms with E-state index in [4.69, 9.17) is 0 Å². The van der Waals surface area contributed by atoms with Crippen molar-refractivity contribution >= 4 is 10.0 Å². The average molecular weight is 282 g/mol. The van der Waals surface area contributed by atoms with Crippen LogP contribution in [0.25, 0.3) is 0 Å². The molecule has 0 amide bonds. The zero-order chi connectivity index (χ0) is 13.7. The first-order chi connectivity index (χ1) is 9.13. The Hall–Kier alpha value is -0.940. The highest BCUT2D eigenvalue weighted by atomic mass is 32.2. The molecular formula is C14H22N2O2S. The van der Waals surface area contributed by atoms with Crippen LogP contribution in [-0.2, 0) is 16.4 Å². The van der Waals surface area contributed by atoms with Crippen molar-refractivity contribution in [3.63, 3.8) is 0 Å². The van der Waals surface area contributed by atoms with Crippen molar-refractivity contribution in [1.29, 1.82) is 0 Å². The number of aryl methyl sites for hydroxylation is 1. The van der Waals surface area contributed by atoms with E-state index in [2.05, 4.69) is 4.98 Å². The third-order valence-corrected chi connectivity index (χ3v) is 5.78. The first-order valence-electron chi connectivity index (χ1n) is 7.02. The van der Waals surface area contributed by atoms with Crippen LogP contribution in [-0.4, -0.2) is 36.0 Å². The molecule has 0 unspecified atom stereocenters. The van der Waals surface area contributed by atoms with Gasteiger partial charge in [-0.2, -0.15) is 4.31 Å². The molecule has 0 spiro atoms. The molecule has 0 N–H and O–H groups in total. The van der Waals surface area contributed by atoms with E-state index in [1.807, 2.05) is 19.1 Å². The topological polar surface area (TPSA) is 50.3 Å². The molecule has 5 heteroatoms. The summed E-state index contributed by atoms with van der Waals surface area (Å²) in [6.45, 7) is 2.61. The summed E-state index contributed by atoms with van der Waals surface area (Å²) in [5.74, 6) is 0.277. The van der Waals surface area contributed by atoms with E-state index in [0.29, 0.717) is 13.0 Å². The van der Waals surface area contributed by atoms with Crippen molar-refractivity contribution in [2.45, 2.75) is 45.1 Å². The Morgan fingerprint density at radius 2 is 2.11 bits per heavy atom. The second-order valence-corrected chi connectivity index (χ2v) is 7.16. The molecule has 0 bridgehead atoms. The first-order valence-corrected chi connectivity index (χ1v) is 8.63. The Morgan fingerprint density at radius 3 is 2.79 bits per heavy atom. The highest BCUT2D eigenvalue weighted by Gasteiger charge is 2.32. The Balaban J connectivity index is 1.96. The first kappa shape index (κ1) is 14.5. The Labute approximate surface area is 115 Å². The van der Waals surface area contributed by atoms with Gasteiger partial charge in [-0.3, -0.25) is 4.98 Å². The molecule has 106 valence electrons. The Morgan fingerprint density at radius 1 is 1.37 bits per heavy atom. The van der Waals surface area contributed by atoms with E-state index in [1.54, 1.807) is 16.7 Å². The molecule has 1 aromatic heterocycles. The molecular weight excluding hydrogens is 260 g/mol. The number of aromatic nitrogens is 1. The highest BCUT2D eigenvalue weighted by Crippen LogP contribution is 2.25. The van der Waals surface area contributed by atoms with Crippen molar-refractivity contribution in [1.82, 2.24) is 9.29 Å². The van der Waals surface area contributed by atoms with Gasteiger partial charge in [0, 0.05) is 25.0 Å². The molecule has 0 saturated carbocycles. The van der Waals surface area contributed by atoms with Crippen molar-refractivity contribution in [3.05, 3.63) is 30.1 Å². The van der Waals surface area contributed by atoms with Gasteiger partial charge in [0.1, 0.15) is 0 Å². The lowest BCUT2D eigenvalue weighted by Crippen LogP contribution is -2.37. The molecule has 0 aliphatic carbocycles. The lowest BCUT2D eigenvalue weighted by Gasteiger charge is -2.23. The summed E-state index contributed by atoms with van der Waals surface area (Å²) in [7, 11) is -3.04. The van der Waals surface area contributed by atoms with Gasteiger partial charge < -0.3 is 0 Å². The zero-order valence-corrected chi connectivity index (χ0v) is 12.3.